The van der Waals surface area contributed by atoms with Crippen molar-refractivity contribution < 1.29 is 4.42 Å². The molecular formula is C7H6BrNOS. The highest BCUT2D eigenvalue weighted by Crippen LogP contribution is 2.29. The van der Waals surface area contributed by atoms with E-state index in [9.17, 15) is 0 Å². The zero-order valence-corrected chi connectivity index (χ0v) is 8.33. The number of nitrogens with zero attached hydrogens (tertiary/aromatic N) is 1. The van der Waals surface area contributed by atoms with Crippen LogP contribution in [0.4, 0.5) is 0 Å². The van der Waals surface area contributed by atoms with E-state index in [1.54, 1.807) is 0 Å². The Balaban J connectivity index is 2.73. The molecule has 2 nitrogen and oxygen atoms in total. The standard InChI is InChI=1S/C7H6BrNOS/c1-2-5-4-3-6(8)10-7(4)11-9-5/h3H,2H2,1H3. The Hall–Kier alpha value is -0.350. The number of aryl methyl sites for hydroxylation is 1. The molecule has 4 heteroatoms. The summed E-state index contributed by atoms with van der Waals surface area (Å²) in [5, 5.41) is 1.14. The van der Waals surface area contributed by atoms with Gasteiger partial charge in [0.25, 0.3) is 0 Å². The minimum atomic E-state index is 0.788. The van der Waals surface area contributed by atoms with Crippen LogP contribution in [0, 0.1) is 0 Å². The van der Waals surface area contributed by atoms with E-state index < -0.39 is 0 Å². The van der Waals surface area contributed by atoms with Gasteiger partial charge in [0.15, 0.2) is 4.67 Å². The number of hydrogen-bond donors (Lipinski definition) is 0. The monoisotopic (exact) mass is 231 g/mol. The Morgan fingerprint density at radius 1 is 1.73 bits per heavy atom. The number of fused-ring (bicyclic) bond motifs is 1. The minimum Gasteiger partial charge on any atom is -0.437 e. The molecule has 0 aliphatic heterocycles. The Morgan fingerprint density at radius 3 is 3.27 bits per heavy atom. The number of halogens is 1. The third kappa shape index (κ3) is 1.10. The summed E-state index contributed by atoms with van der Waals surface area (Å²) >= 11 is 4.69. The fourth-order valence-corrected chi connectivity index (χ4v) is 2.34. The number of furan rings is 1. The molecular weight excluding hydrogens is 226 g/mol. The fraction of sp³-hybridized carbons (Fsp3) is 0.286. The molecule has 0 amide bonds. The minimum absolute atomic E-state index is 0.788. The highest BCUT2D eigenvalue weighted by Gasteiger charge is 2.08. The van der Waals surface area contributed by atoms with Crippen LogP contribution in [0.15, 0.2) is 15.2 Å². The van der Waals surface area contributed by atoms with Gasteiger partial charge in [0.05, 0.1) is 11.1 Å². The Bertz CT molecular complexity index is 379. The van der Waals surface area contributed by atoms with E-state index >= 15 is 0 Å². The third-order valence-electron chi connectivity index (χ3n) is 1.55. The zero-order valence-electron chi connectivity index (χ0n) is 5.93. The van der Waals surface area contributed by atoms with Crippen molar-refractivity contribution in [3.63, 3.8) is 0 Å². The third-order valence-corrected chi connectivity index (χ3v) is 2.72. The second-order valence-corrected chi connectivity index (χ2v) is 3.75. The van der Waals surface area contributed by atoms with Crippen molar-refractivity contribution in [2.45, 2.75) is 13.3 Å². The van der Waals surface area contributed by atoms with Gasteiger partial charge in [-0.2, -0.15) is 4.37 Å². The van der Waals surface area contributed by atoms with Crippen molar-refractivity contribution in [3.05, 3.63) is 16.4 Å². The number of aromatic nitrogens is 1. The molecule has 0 saturated carbocycles. The topological polar surface area (TPSA) is 26.0 Å². The summed E-state index contributed by atoms with van der Waals surface area (Å²) in [5.41, 5.74) is 1.12. The Kier molecular flexibility index (Phi) is 1.73. The highest BCUT2D eigenvalue weighted by atomic mass is 79.9. The Labute approximate surface area is 76.5 Å². The second-order valence-electron chi connectivity index (χ2n) is 2.23. The molecule has 0 atom stereocenters. The van der Waals surface area contributed by atoms with Crippen molar-refractivity contribution in [2.75, 3.05) is 0 Å². The molecule has 0 spiro atoms. The molecule has 0 bridgehead atoms. The lowest BCUT2D eigenvalue weighted by molar-refractivity contribution is 0.594. The van der Waals surface area contributed by atoms with Gasteiger partial charge in [0, 0.05) is 17.6 Å². The van der Waals surface area contributed by atoms with E-state index in [-0.39, 0.29) is 0 Å². The van der Waals surface area contributed by atoms with Crippen LogP contribution in [-0.2, 0) is 6.42 Å². The van der Waals surface area contributed by atoms with E-state index in [4.69, 9.17) is 4.42 Å². The average Bonchev–Trinajstić information content (AvgIpc) is 2.45. The fourth-order valence-electron chi connectivity index (χ4n) is 1.02. The van der Waals surface area contributed by atoms with Gasteiger partial charge in [-0.05, 0) is 22.4 Å². The molecule has 11 heavy (non-hydrogen) atoms. The van der Waals surface area contributed by atoms with E-state index in [2.05, 4.69) is 27.2 Å². The molecule has 0 N–H and O–H groups in total. The molecule has 0 radical (unpaired) electrons. The summed E-state index contributed by atoms with van der Waals surface area (Å²) in [6.45, 7) is 2.09. The van der Waals surface area contributed by atoms with Crippen LogP contribution in [0.25, 0.3) is 10.3 Å². The van der Waals surface area contributed by atoms with Gasteiger partial charge < -0.3 is 4.42 Å². The first kappa shape index (κ1) is 7.31. The van der Waals surface area contributed by atoms with Gasteiger partial charge in [-0.15, -0.1) is 0 Å². The van der Waals surface area contributed by atoms with E-state index in [0.717, 1.165) is 27.1 Å². The van der Waals surface area contributed by atoms with Crippen LogP contribution >= 0.6 is 27.5 Å². The molecule has 58 valence electrons. The van der Waals surface area contributed by atoms with Crippen molar-refractivity contribution in [1.82, 2.24) is 4.37 Å². The van der Waals surface area contributed by atoms with Crippen LogP contribution in [0.1, 0.15) is 12.6 Å². The molecule has 0 aliphatic rings. The van der Waals surface area contributed by atoms with Gasteiger partial charge in [-0.1, -0.05) is 6.92 Å². The molecule has 2 heterocycles. The molecule has 0 aliphatic carbocycles. The lowest BCUT2D eigenvalue weighted by Crippen LogP contribution is -1.75. The van der Waals surface area contributed by atoms with Crippen molar-refractivity contribution >= 4 is 37.7 Å². The van der Waals surface area contributed by atoms with E-state index in [0.29, 0.717) is 0 Å². The lowest BCUT2D eigenvalue weighted by atomic mass is 10.3. The maximum atomic E-state index is 5.32. The first-order valence-corrected chi connectivity index (χ1v) is 4.91. The molecule has 2 aromatic rings. The molecule has 0 aromatic carbocycles. The first-order valence-electron chi connectivity index (χ1n) is 3.35. The predicted molar refractivity (Wildman–Crippen MR) is 49.0 cm³/mol. The SMILES string of the molecule is CCc1nsc2oc(Br)cc12. The van der Waals surface area contributed by atoms with Gasteiger partial charge >= 0.3 is 0 Å². The molecule has 0 saturated heterocycles. The van der Waals surface area contributed by atoms with Crippen LogP contribution in [0.5, 0.6) is 0 Å². The van der Waals surface area contributed by atoms with Crippen molar-refractivity contribution in [3.8, 4) is 0 Å². The van der Waals surface area contributed by atoms with Gasteiger partial charge in [-0.25, -0.2) is 0 Å². The quantitative estimate of drug-likeness (QED) is 0.754. The van der Waals surface area contributed by atoms with E-state index in [1.807, 2.05) is 6.07 Å². The van der Waals surface area contributed by atoms with Gasteiger partial charge in [-0.3, -0.25) is 0 Å². The van der Waals surface area contributed by atoms with Gasteiger partial charge in [0.2, 0.25) is 4.90 Å². The lowest BCUT2D eigenvalue weighted by Gasteiger charge is -1.81. The molecule has 2 rings (SSSR count). The van der Waals surface area contributed by atoms with Crippen LogP contribution in [-0.4, -0.2) is 4.37 Å². The van der Waals surface area contributed by atoms with Crippen LogP contribution in [0.2, 0.25) is 0 Å². The summed E-state index contributed by atoms with van der Waals surface area (Å²) < 4.78 is 10.4. The smallest absolute Gasteiger partial charge is 0.208 e. The number of hydrogen-bond acceptors (Lipinski definition) is 3. The summed E-state index contributed by atoms with van der Waals surface area (Å²) in [6.07, 6.45) is 0.964. The normalized spacial score (nSPS) is 11.1. The summed E-state index contributed by atoms with van der Waals surface area (Å²) in [5.74, 6) is 0. The van der Waals surface area contributed by atoms with Crippen molar-refractivity contribution in [1.29, 1.82) is 0 Å². The van der Waals surface area contributed by atoms with Crippen molar-refractivity contribution in [2.24, 2.45) is 0 Å². The summed E-state index contributed by atoms with van der Waals surface area (Å²) in [4.78, 5) is 0.911. The largest absolute Gasteiger partial charge is 0.437 e. The maximum absolute atomic E-state index is 5.32. The van der Waals surface area contributed by atoms with Crippen LogP contribution in [0.3, 0.4) is 0 Å². The zero-order chi connectivity index (χ0) is 7.84. The second kappa shape index (κ2) is 2.60. The summed E-state index contributed by atoms with van der Waals surface area (Å²) in [6, 6.07) is 1.97. The summed E-state index contributed by atoms with van der Waals surface area (Å²) in [7, 11) is 0. The van der Waals surface area contributed by atoms with Crippen LogP contribution < -0.4 is 0 Å². The Morgan fingerprint density at radius 2 is 2.55 bits per heavy atom. The highest BCUT2D eigenvalue weighted by molar-refractivity contribution is 9.10. The average molecular weight is 232 g/mol. The van der Waals surface area contributed by atoms with E-state index in [1.165, 1.54) is 11.5 Å². The maximum Gasteiger partial charge on any atom is 0.208 e. The first-order chi connectivity index (χ1) is 5.31. The molecule has 2 aromatic heterocycles. The molecule has 0 unspecified atom stereocenters. The number of rotatable bonds is 1. The molecule has 0 fully saturated rings. The van der Waals surface area contributed by atoms with Gasteiger partial charge in [0.1, 0.15) is 0 Å². The predicted octanol–water partition coefficient (Wildman–Crippen LogP) is 3.21.